The molecule has 0 saturated heterocycles. The summed E-state index contributed by atoms with van der Waals surface area (Å²) in [5.74, 6) is -0.798. The van der Waals surface area contributed by atoms with Gasteiger partial charge in [0.15, 0.2) is 0 Å². The van der Waals surface area contributed by atoms with Crippen molar-refractivity contribution in [2.75, 3.05) is 10.8 Å². The second-order valence-electron chi connectivity index (χ2n) is 9.33. The van der Waals surface area contributed by atoms with Crippen LogP contribution in [-0.2, 0) is 32.6 Å². The highest BCUT2D eigenvalue weighted by Gasteiger charge is 2.32. The molecule has 0 aliphatic heterocycles. The average molecular weight is 601 g/mol. The van der Waals surface area contributed by atoms with Crippen LogP contribution in [0.4, 0.5) is 5.69 Å². The summed E-state index contributed by atoms with van der Waals surface area (Å²) in [7, 11) is -4.07. The highest BCUT2D eigenvalue weighted by atomic mass is 79.9. The molecule has 9 heteroatoms. The minimum atomic E-state index is -4.07. The fraction of sp³-hybridized carbons (Fsp3) is 0.310. The van der Waals surface area contributed by atoms with E-state index in [9.17, 15) is 18.0 Å². The number of aryl methyl sites for hydroxylation is 1. The Morgan fingerprint density at radius 3 is 2.00 bits per heavy atom. The number of amides is 2. The summed E-state index contributed by atoms with van der Waals surface area (Å²) in [6.07, 6.45) is 0.800. The lowest BCUT2D eigenvalue weighted by Crippen LogP contribution is -2.52. The van der Waals surface area contributed by atoms with Crippen molar-refractivity contribution in [3.05, 3.63) is 94.5 Å². The number of halogens is 1. The summed E-state index contributed by atoms with van der Waals surface area (Å²) in [6, 6.07) is 21.7. The molecule has 0 bridgehead atoms. The molecule has 0 fully saturated rings. The summed E-state index contributed by atoms with van der Waals surface area (Å²) in [5.41, 5.74) is 2.24. The molecule has 1 N–H and O–H groups in total. The second-order valence-corrected chi connectivity index (χ2v) is 12.1. The Bertz CT molecular complexity index is 1330. The van der Waals surface area contributed by atoms with E-state index in [-0.39, 0.29) is 23.4 Å². The van der Waals surface area contributed by atoms with Gasteiger partial charge in [-0.25, -0.2) is 8.42 Å². The number of nitrogens with zero attached hydrogens (tertiary/aromatic N) is 2. The first-order valence-corrected chi connectivity index (χ1v) is 14.8. The van der Waals surface area contributed by atoms with Gasteiger partial charge in [0.05, 0.1) is 10.6 Å². The van der Waals surface area contributed by atoms with Gasteiger partial charge in [0.1, 0.15) is 12.6 Å². The predicted molar refractivity (Wildman–Crippen MR) is 154 cm³/mol. The molecule has 38 heavy (non-hydrogen) atoms. The number of hydrogen-bond donors (Lipinski definition) is 1. The minimum absolute atomic E-state index is 0.0810. The van der Waals surface area contributed by atoms with E-state index >= 15 is 0 Å². The van der Waals surface area contributed by atoms with Crippen LogP contribution in [-0.4, -0.2) is 43.8 Å². The molecule has 0 aliphatic carbocycles. The summed E-state index contributed by atoms with van der Waals surface area (Å²) in [4.78, 5) is 28.3. The van der Waals surface area contributed by atoms with Crippen molar-refractivity contribution in [2.24, 2.45) is 0 Å². The molecule has 3 rings (SSSR count). The molecule has 0 saturated carbocycles. The SMILES string of the molecule is CCc1ccc(N(CC(=O)N(Cc2ccc(Br)cc2)[C@H](C)C(=O)NC(C)C)S(=O)(=O)c2ccccc2)cc1. The van der Waals surface area contributed by atoms with E-state index < -0.39 is 28.5 Å². The number of rotatable bonds is 11. The number of nitrogens with one attached hydrogen (secondary N) is 1. The van der Waals surface area contributed by atoms with Crippen LogP contribution in [0, 0.1) is 0 Å². The Labute approximate surface area is 234 Å². The number of hydrogen-bond acceptors (Lipinski definition) is 4. The maximum atomic E-state index is 13.9. The average Bonchev–Trinajstić information content (AvgIpc) is 2.91. The van der Waals surface area contributed by atoms with Crippen LogP contribution in [0.5, 0.6) is 0 Å². The topological polar surface area (TPSA) is 86.8 Å². The summed E-state index contributed by atoms with van der Waals surface area (Å²) in [5, 5.41) is 2.85. The second kappa shape index (κ2) is 13.1. The molecule has 0 spiro atoms. The third-order valence-electron chi connectivity index (χ3n) is 6.11. The maximum Gasteiger partial charge on any atom is 0.264 e. The van der Waals surface area contributed by atoms with Crippen LogP contribution in [0.1, 0.15) is 38.8 Å². The molecule has 202 valence electrons. The van der Waals surface area contributed by atoms with E-state index in [1.807, 2.05) is 57.2 Å². The molecular formula is C29H34BrN3O4S. The van der Waals surface area contributed by atoms with Crippen LogP contribution >= 0.6 is 15.9 Å². The zero-order chi connectivity index (χ0) is 27.9. The molecule has 0 aliphatic rings. The van der Waals surface area contributed by atoms with Crippen molar-refractivity contribution >= 4 is 43.5 Å². The molecule has 3 aromatic carbocycles. The third-order valence-corrected chi connectivity index (χ3v) is 8.42. The Morgan fingerprint density at radius 1 is 0.868 bits per heavy atom. The van der Waals surface area contributed by atoms with Gasteiger partial charge < -0.3 is 10.2 Å². The Balaban J connectivity index is 2.01. The van der Waals surface area contributed by atoms with Gasteiger partial charge in [-0.2, -0.15) is 0 Å². The Kier molecular flexibility index (Phi) is 10.1. The largest absolute Gasteiger partial charge is 0.352 e. The molecule has 0 unspecified atom stereocenters. The van der Waals surface area contributed by atoms with Crippen molar-refractivity contribution in [2.45, 2.75) is 57.6 Å². The van der Waals surface area contributed by atoms with Crippen LogP contribution in [0.2, 0.25) is 0 Å². The van der Waals surface area contributed by atoms with Crippen LogP contribution in [0.25, 0.3) is 0 Å². The molecule has 2 amide bonds. The van der Waals surface area contributed by atoms with Crippen LogP contribution in [0.3, 0.4) is 0 Å². The van der Waals surface area contributed by atoms with Crippen LogP contribution in [0.15, 0.2) is 88.2 Å². The first-order valence-electron chi connectivity index (χ1n) is 12.5. The molecular weight excluding hydrogens is 566 g/mol. The van der Waals surface area contributed by atoms with E-state index in [1.54, 1.807) is 37.3 Å². The lowest BCUT2D eigenvalue weighted by atomic mass is 10.1. The van der Waals surface area contributed by atoms with Gasteiger partial charge in [0.25, 0.3) is 10.0 Å². The van der Waals surface area contributed by atoms with Crippen molar-refractivity contribution in [3.63, 3.8) is 0 Å². The highest BCUT2D eigenvalue weighted by molar-refractivity contribution is 9.10. The minimum Gasteiger partial charge on any atom is -0.352 e. The monoisotopic (exact) mass is 599 g/mol. The van der Waals surface area contributed by atoms with E-state index in [2.05, 4.69) is 21.2 Å². The van der Waals surface area contributed by atoms with Gasteiger partial charge in [-0.3, -0.25) is 13.9 Å². The van der Waals surface area contributed by atoms with E-state index in [4.69, 9.17) is 0 Å². The summed E-state index contributed by atoms with van der Waals surface area (Å²) < 4.78 is 29.5. The zero-order valence-corrected chi connectivity index (χ0v) is 24.5. The highest BCUT2D eigenvalue weighted by Crippen LogP contribution is 2.25. The van der Waals surface area contributed by atoms with E-state index in [1.165, 1.54) is 17.0 Å². The third kappa shape index (κ3) is 7.45. The molecule has 3 aromatic rings. The first kappa shape index (κ1) is 29.4. The predicted octanol–water partition coefficient (Wildman–Crippen LogP) is 5.15. The fourth-order valence-corrected chi connectivity index (χ4v) is 5.62. The van der Waals surface area contributed by atoms with Crippen molar-refractivity contribution < 1.29 is 18.0 Å². The van der Waals surface area contributed by atoms with Gasteiger partial charge >= 0.3 is 0 Å². The Hall–Kier alpha value is -3.17. The fourth-order valence-electron chi connectivity index (χ4n) is 3.92. The summed E-state index contributed by atoms with van der Waals surface area (Å²) >= 11 is 3.41. The number of benzene rings is 3. The molecule has 0 aromatic heterocycles. The quantitative estimate of drug-likeness (QED) is 0.330. The van der Waals surface area contributed by atoms with Crippen molar-refractivity contribution in [3.8, 4) is 0 Å². The van der Waals surface area contributed by atoms with Crippen LogP contribution < -0.4 is 9.62 Å². The number of sulfonamides is 1. The molecule has 0 heterocycles. The van der Waals surface area contributed by atoms with Crippen molar-refractivity contribution in [1.82, 2.24) is 10.2 Å². The maximum absolute atomic E-state index is 13.9. The lowest BCUT2D eigenvalue weighted by Gasteiger charge is -2.32. The molecule has 1 atom stereocenters. The van der Waals surface area contributed by atoms with Gasteiger partial charge in [-0.1, -0.05) is 65.3 Å². The van der Waals surface area contributed by atoms with Crippen molar-refractivity contribution in [1.29, 1.82) is 0 Å². The van der Waals surface area contributed by atoms with E-state index in [0.717, 1.165) is 26.3 Å². The summed E-state index contributed by atoms with van der Waals surface area (Å²) in [6.45, 7) is 7.05. The zero-order valence-electron chi connectivity index (χ0n) is 22.1. The van der Waals surface area contributed by atoms with Gasteiger partial charge in [-0.05, 0) is 74.7 Å². The Morgan fingerprint density at radius 2 is 1.45 bits per heavy atom. The molecule has 0 radical (unpaired) electrons. The van der Waals surface area contributed by atoms with E-state index in [0.29, 0.717) is 5.69 Å². The smallest absolute Gasteiger partial charge is 0.264 e. The standard InChI is InChI=1S/C29H34BrN3O4S/c1-5-23-13-17-26(18-14-23)33(38(36,37)27-9-7-6-8-10-27)20-28(34)32(22(4)29(35)31-21(2)3)19-24-11-15-25(30)16-12-24/h6-18,21-22H,5,19-20H2,1-4H3,(H,31,35)/t22-/m1/s1. The first-order chi connectivity index (χ1) is 18.0. The molecule has 7 nitrogen and oxygen atoms in total. The normalized spacial score (nSPS) is 12.2. The van der Waals surface area contributed by atoms with Gasteiger partial charge in [-0.15, -0.1) is 0 Å². The lowest BCUT2D eigenvalue weighted by molar-refractivity contribution is -0.139. The van der Waals surface area contributed by atoms with Gasteiger partial charge in [0.2, 0.25) is 11.8 Å². The number of carbonyl (C=O) groups is 2. The number of anilines is 1. The number of carbonyl (C=O) groups excluding carboxylic acids is 2. The van der Waals surface area contributed by atoms with Gasteiger partial charge in [0, 0.05) is 17.1 Å².